The van der Waals surface area contributed by atoms with Gasteiger partial charge in [-0.1, -0.05) is 36.4 Å². The van der Waals surface area contributed by atoms with Gasteiger partial charge in [-0.15, -0.1) is 0 Å². The standard InChI is InChI=1S/C27H26N2/c1-3-17-11-18-4-2-6-20-13-22-8-10-24-14-23-9-7-21-12-19(5-1)25(17)15-27(28(21)23,29(22)24)16-26(18)20/h1-7,9,22,24H,8,10-16H2/t22?,24?,27-/m0/s1. The van der Waals surface area contributed by atoms with Crippen LogP contribution in [0.5, 0.6) is 0 Å². The fourth-order valence-corrected chi connectivity index (χ4v) is 7.90. The molecule has 5 heterocycles. The Morgan fingerprint density at radius 1 is 0.655 bits per heavy atom. The van der Waals surface area contributed by atoms with Crippen LogP contribution in [0.1, 0.15) is 57.6 Å². The van der Waals surface area contributed by atoms with Crippen molar-refractivity contribution in [2.24, 2.45) is 0 Å². The van der Waals surface area contributed by atoms with Crippen LogP contribution >= 0.6 is 0 Å². The lowest BCUT2D eigenvalue weighted by Crippen LogP contribution is -2.61. The van der Waals surface area contributed by atoms with E-state index < -0.39 is 0 Å². The molecular formula is C27H26N2. The van der Waals surface area contributed by atoms with Crippen molar-refractivity contribution < 1.29 is 0 Å². The summed E-state index contributed by atoms with van der Waals surface area (Å²) in [7, 11) is 0. The minimum atomic E-state index is 0.0986. The SMILES string of the molecule is c1cc2c3c(c1)Cc1ccc4n1[C@]1(C3)Cc3c(cccc3CC3CCC(C4)N31)C2. The highest BCUT2D eigenvalue weighted by molar-refractivity contribution is 5.50. The van der Waals surface area contributed by atoms with E-state index in [9.17, 15) is 0 Å². The molecule has 4 aliphatic heterocycles. The molecule has 1 saturated heterocycles. The number of hydrogen-bond acceptors (Lipinski definition) is 1. The summed E-state index contributed by atoms with van der Waals surface area (Å²) in [5.74, 6) is 0. The van der Waals surface area contributed by atoms with E-state index >= 15 is 0 Å². The Morgan fingerprint density at radius 3 is 2.07 bits per heavy atom. The minimum absolute atomic E-state index is 0.0986. The van der Waals surface area contributed by atoms with E-state index in [-0.39, 0.29) is 5.66 Å². The Labute approximate surface area is 172 Å². The summed E-state index contributed by atoms with van der Waals surface area (Å²) in [4.78, 5) is 3.03. The molecule has 1 spiro atoms. The molecule has 1 aromatic heterocycles. The van der Waals surface area contributed by atoms with Crippen molar-refractivity contribution >= 4 is 0 Å². The van der Waals surface area contributed by atoms with Gasteiger partial charge in [-0.25, -0.2) is 0 Å². The van der Waals surface area contributed by atoms with Crippen molar-refractivity contribution in [1.82, 2.24) is 9.47 Å². The molecule has 0 amide bonds. The van der Waals surface area contributed by atoms with Crippen molar-refractivity contribution in [2.45, 2.75) is 69.1 Å². The van der Waals surface area contributed by atoms with Crippen LogP contribution < -0.4 is 0 Å². The van der Waals surface area contributed by atoms with E-state index in [2.05, 4.69) is 58.0 Å². The van der Waals surface area contributed by atoms with Crippen LogP contribution in [0, 0.1) is 0 Å². The highest BCUT2D eigenvalue weighted by Gasteiger charge is 2.55. The Hall–Kier alpha value is -2.32. The van der Waals surface area contributed by atoms with Crippen LogP contribution in [0.3, 0.4) is 0 Å². The fourth-order valence-electron chi connectivity index (χ4n) is 7.90. The number of aromatic nitrogens is 1. The second-order valence-electron chi connectivity index (χ2n) is 10.2. The van der Waals surface area contributed by atoms with Gasteiger partial charge in [0.15, 0.2) is 0 Å². The third kappa shape index (κ3) is 1.79. The predicted molar refractivity (Wildman–Crippen MR) is 114 cm³/mol. The van der Waals surface area contributed by atoms with Crippen LogP contribution in [-0.2, 0) is 44.2 Å². The summed E-state index contributed by atoms with van der Waals surface area (Å²) in [5, 5.41) is 0. The quantitative estimate of drug-likeness (QED) is 0.564. The molecule has 0 N–H and O–H groups in total. The van der Waals surface area contributed by atoms with Crippen molar-refractivity contribution in [3.8, 4) is 0 Å². The summed E-state index contributed by atoms with van der Waals surface area (Å²) >= 11 is 0. The van der Waals surface area contributed by atoms with Gasteiger partial charge < -0.3 is 4.57 Å². The molecule has 2 nitrogen and oxygen atoms in total. The molecule has 144 valence electrons. The van der Waals surface area contributed by atoms with Gasteiger partial charge in [-0.3, -0.25) is 4.90 Å². The average Bonchev–Trinajstić information content (AvgIpc) is 3.21. The third-order valence-corrected chi connectivity index (χ3v) is 8.87. The van der Waals surface area contributed by atoms with E-state index in [1.165, 1.54) is 38.5 Å². The molecule has 0 saturated carbocycles. The van der Waals surface area contributed by atoms with Gasteiger partial charge in [-0.05, 0) is 71.2 Å². The van der Waals surface area contributed by atoms with Gasteiger partial charge in [0.05, 0.1) is 0 Å². The van der Waals surface area contributed by atoms with Crippen molar-refractivity contribution in [2.75, 3.05) is 0 Å². The minimum Gasteiger partial charge on any atom is -0.329 e. The van der Waals surface area contributed by atoms with Gasteiger partial charge in [0.1, 0.15) is 5.66 Å². The first kappa shape index (κ1) is 15.5. The van der Waals surface area contributed by atoms with E-state index in [4.69, 9.17) is 0 Å². The van der Waals surface area contributed by atoms with Gasteiger partial charge in [-0.2, -0.15) is 0 Å². The summed E-state index contributed by atoms with van der Waals surface area (Å²) in [6.45, 7) is 0. The predicted octanol–water partition coefficient (Wildman–Crippen LogP) is 4.38. The average molecular weight is 379 g/mol. The maximum Gasteiger partial charge on any atom is 0.106 e. The van der Waals surface area contributed by atoms with Crippen LogP contribution in [0.25, 0.3) is 0 Å². The second kappa shape index (κ2) is 5.05. The molecular weight excluding hydrogens is 352 g/mol. The zero-order chi connectivity index (χ0) is 18.7. The van der Waals surface area contributed by atoms with Gasteiger partial charge in [0.2, 0.25) is 0 Å². The van der Waals surface area contributed by atoms with Crippen molar-refractivity contribution in [3.63, 3.8) is 0 Å². The zero-order valence-corrected chi connectivity index (χ0v) is 16.8. The first-order valence-corrected chi connectivity index (χ1v) is 11.5. The zero-order valence-electron chi connectivity index (χ0n) is 16.8. The molecule has 29 heavy (non-hydrogen) atoms. The molecule has 2 heteroatoms. The van der Waals surface area contributed by atoms with Crippen LogP contribution in [0.4, 0.5) is 0 Å². The second-order valence-corrected chi connectivity index (χ2v) is 10.2. The molecule has 1 aliphatic carbocycles. The Morgan fingerprint density at radius 2 is 1.28 bits per heavy atom. The van der Waals surface area contributed by atoms with E-state index in [1.807, 2.05) is 0 Å². The molecule has 2 aromatic carbocycles. The number of nitrogens with zero attached hydrogens (tertiary/aromatic N) is 2. The summed E-state index contributed by atoms with van der Waals surface area (Å²) in [6.07, 6.45) is 9.81. The highest BCUT2D eigenvalue weighted by Crippen LogP contribution is 2.52. The summed E-state index contributed by atoms with van der Waals surface area (Å²) < 4.78 is 2.84. The summed E-state index contributed by atoms with van der Waals surface area (Å²) in [6, 6.07) is 20.6. The lowest BCUT2D eigenvalue weighted by atomic mass is 9.79. The Balaban J connectivity index is 1.55. The highest BCUT2D eigenvalue weighted by atomic mass is 15.4. The van der Waals surface area contributed by atoms with E-state index in [0.29, 0.717) is 6.04 Å². The maximum atomic E-state index is 3.03. The molecule has 1 fully saturated rings. The van der Waals surface area contributed by atoms with Gasteiger partial charge >= 0.3 is 0 Å². The number of benzene rings is 2. The van der Waals surface area contributed by atoms with E-state index in [0.717, 1.165) is 18.9 Å². The van der Waals surface area contributed by atoms with Crippen molar-refractivity contribution in [3.05, 3.63) is 93.3 Å². The molecule has 3 aromatic rings. The molecule has 0 radical (unpaired) electrons. The molecule has 2 unspecified atom stereocenters. The Kier molecular flexibility index (Phi) is 2.70. The summed E-state index contributed by atoms with van der Waals surface area (Å²) in [5.41, 5.74) is 12.9. The van der Waals surface area contributed by atoms with Gasteiger partial charge in [0, 0.05) is 49.2 Å². The number of hydrogen-bond donors (Lipinski definition) is 0. The first-order chi connectivity index (χ1) is 14.3. The van der Waals surface area contributed by atoms with E-state index in [1.54, 1.807) is 44.8 Å². The third-order valence-electron chi connectivity index (χ3n) is 8.87. The fraction of sp³-hybridized carbons (Fsp3) is 0.407. The molecule has 8 rings (SSSR count). The lowest BCUT2D eigenvalue weighted by Gasteiger charge is -2.53. The van der Waals surface area contributed by atoms with Crippen LogP contribution in [0.15, 0.2) is 48.5 Å². The molecule has 5 aliphatic rings. The normalized spacial score (nSPS) is 30.3. The number of rotatable bonds is 0. The molecule has 3 atom stereocenters. The molecule has 3 bridgehead atoms. The van der Waals surface area contributed by atoms with Crippen LogP contribution in [0.2, 0.25) is 0 Å². The Bertz CT molecular complexity index is 1200. The largest absolute Gasteiger partial charge is 0.329 e. The lowest BCUT2D eigenvalue weighted by molar-refractivity contribution is -0.0414. The monoisotopic (exact) mass is 378 g/mol. The van der Waals surface area contributed by atoms with Crippen molar-refractivity contribution in [1.29, 1.82) is 0 Å². The van der Waals surface area contributed by atoms with Gasteiger partial charge in [0.25, 0.3) is 0 Å². The topological polar surface area (TPSA) is 8.17 Å². The maximum absolute atomic E-state index is 3.03. The smallest absolute Gasteiger partial charge is 0.106 e. The van der Waals surface area contributed by atoms with Crippen LogP contribution in [-0.4, -0.2) is 21.6 Å². The first-order valence-electron chi connectivity index (χ1n) is 11.5.